The fourth-order valence-corrected chi connectivity index (χ4v) is 2.91. The molecule has 0 amide bonds. The van der Waals surface area contributed by atoms with Crippen LogP contribution in [0.15, 0.2) is 12.2 Å². The van der Waals surface area contributed by atoms with Crippen LogP contribution in [0.2, 0.25) is 0 Å². The first-order valence-electron chi connectivity index (χ1n) is 5.27. The van der Waals surface area contributed by atoms with Gasteiger partial charge in [0, 0.05) is 12.6 Å². The summed E-state index contributed by atoms with van der Waals surface area (Å²) < 4.78 is 4.88. The Kier molecular flexibility index (Phi) is 2.56. The van der Waals surface area contributed by atoms with E-state index in [0.29, 0.717) is 13.0 Å². The minimum Gasteiger partial charge on any atom is -0.468 e. The van der Waals surface area contributed by atoms with Crippen molar-refractivity contribution < 1.29 is 14.6 Å². The SMILES string of the molecule is C=C1CN2[C@H](CO)CC[C@@]2(C(=O)OC)C1. The van der Waals surface area contributed by atoms with Crippen LogP contribution in [0.3, 0.4) is 0 Å². The second kappa shape index (κ2) is 3.61. The molecule has 2 rings (SSSR count). The number of methoxy groups -OCH3 is 1. The van der Waals surface area contributed by atoms with Gasteiger partial charge in [-0.1, -0.05) is 12.2 Å². The van der Waals surface area contributed by atoms with Crippen molar-refractivity contribution in [3.8, 4) is 0 Å². The van der Waals surface area contributed by atoms with E-state index in [-0.39, 0.29) is 18.6 Å². The number of fused-ring (bicyclic) bond motifs is 1. The number of esters is 1. The van der Waals surface area contributed by atoms with E-state index in [9.17, 15) is 9.90 Å². The first-order chi connectivity index (χ1) is 7.14. The lowest BCUT2D eigenvalue weighted by molar-refractivity contribution is -0.152. The number of ether oxygens (including phenoxy) is 1. The molecule has 0 spiro atoms. The number of carbonyl (C=O) groups excluding carboxylic acids is 1. The van der Waals surface area contributed by atoms with Gasteiger partial charge in [0.25, 0.3) is 0 Å². The van der Waals surface area contributed by atoms with Crippen molar-refractivity contribution in [1.29, 1.82) is 0 Å². The molecule has 2 fully saturated rings. The zero-order valence-electron chi connectivity index (χ0n) is 9.03. The van der Waals surface area contributed by atoms with Crippen LogP contribution in [0.5, 0.6) is 0 Å². The van der Waals surface area contributed by atoms with Gasteiger partial charge in [-0.25, -0.2) is 0 Å². The summed E-state index contributed by atoms with van der Waals surface area (Å²) in [5, 5.41) is 9.24. The lowest BCUT2D eigenvalue weighted by Gasteiger charge is -2.31. The Morgan fingerprint density at radius 2 is 2.53 bits per heavy atom. The van der Waals surface area contributed by atoms with Gasteiger partial charge in [0.05, 0.1) is 13.7 Å². The minimum absolute atomic E-state index is 0.0864. The van der Waals surface area contributed by atoms with E-state index in [2.05, 4.69) is 11.5 Å². The van der Waals surface area contributed by atoms with Crippen molar-refractivity contribution in [2.45, 2.75) is 30.8 Å². The molecule has 0 bridgehead atoms. The van der Waals surface area contributed by atoms with Crippen molar-refractivity contribution in [3.63, 3.8) is 0 Å². The van der Waals surface area contributed by atoms with Crippen LogP contribution in [0, 0.1) is 0 Å². The van der Waals surface area contributed by atoms with Crippen molar-refractivity contribution in [2.24, 2.45) is 0 Å². The maximum atomic E-state index is 11.8. The van der Waals surface area contributed by atoms with Gasteiger partial charge in [0.15, 0.2) is 0 Å². The summed E-state index contributed by atoms with van der Waals surface area (Å²) >= 11 is 0. The molecule has 2 atom stereocenters. The predicted molar refractivity (Wildman–Crippen MR) is 55.3 cm³/mol. The van der Waals surface area contributed by atoms with Gasteiger partial charge in [-0.2, -0.15) is 0 Å². The summed E-state index contributed by atoms with van der Waals surface area (Å²) in [6.07, 6.45) is 2.30. The van der Waals surface area contributed by atoms with Crippen LogP contribution < -0.4 is 0 Å². The average Bonchev–Trinajstić information content (AvgIpc) is 2.71. The van der Waals surface area contributed by atoms with Gasteiger partial charge in [-0.15, -0.1) is 0 Å². The highest BCUT2D eigenvalue weighted by Gasteiger charge is 2.55. The third-order valence-corrected chi connectivity index (χ3v) is 3.59. The standard InChI is InChI=1S/C11H17NO3/c1-8-5-11(10(14)15-2)4-3-9(7-13)12(11)6-8/h9,13H,1,3-7H2,2H3/t9-,11-/m0/s1. The van der Waals surface area contributed by atoms with E-state index >= 15 is 0 Å². The molecule has 4 nitrogen and oxygen atoms in total. The Bertz CT molecular complexity index is 302. The lowest BCUT2D eigenvalue weighted by Crippen LogP contribution is -2.49. The molecular formula is C11H17NO3. The van der Waals surface area contributed by atoms with Gasteiger partial charge in [-0.05, 0) is 19.3 Å². The van der Waals surface area contributed by atoms with E-state index < -0.39 is 5.54 Å². The van der Waals surface area contributed by atoms with E-state index in [1.807, 2.05) is 0 Å². The van der Waals surface area contributed by atoms with Crippen LogP contribution >= 0.6 is 0 Å². The van der Waals surface area contributed by atoms with Crippen LogP contribution in [-0.4, -0.2) is 47.8 Å². The maximum absolute atomic E-state index is 11.8. The third-order valence-electron chi connectivity index (χ3n) is 3.59. The molecule has 0 aromatic rings. The molecule has 2 heterocycles. The summed E-state index contributed by atoms with van der Waals surface area (Å²) in [6, 6.07) is 0.0864. The zero-order valence-corrected chi connectivity index (χ0v) is 9.03. The second-order valence-corrected chi connectivity index (χ2v) is 4.45. The summed E-state index contributed by atoms with van der Waals surface area (Å²) in [5.74, 6) is -0.183. The van der Waals surface area contributed by atoms with E-state index in [1.165, 1.54) is 7.11 Å². The van der Waals surface area contributed by atoms with Gasteiger partial charge in [0.1, 0.15) is 5.54 Å². The molecule has 0 aromatic heterocycles. The lowest BCUT2D eigenvalue weighted by atomic mass is 9.93. The highest BCUT2D eigenvalue weighted by Crippen LogP contribution is 2.44. The molecule has 0 aromatic carbocycles. The number of carbonyl (C=O) groups is 1. The summed E-state index contributed by atoms with van der Waals surface area (Å²) in [5.41, 5.74) is 0.526. The number of hydrogen-bond acceptors (Lipinski definition) is 4. The Labute approximate surface area is 89.5 Å². The van der Waals surface area contributed by atoms with Crippen LogP contribution in [0.4, 0.5) is 0 Å². The first kappa shape index (κ1) is 10.6. The van der Waals surface area contributed by atoms with Gasteiger partial charge in [-0.3, -0.25) is 9.69 Å². The Morgan fingerprint density at radius 1 is 1.80 bits per heavy atom. The van der Waals surface area contributed by atoms with Crippen LogP contribution in [0.25, 0.3) is 0 Å². The first-order valence-corrected chi connectivity index (χ1v) is 5.27. The van der Waals surface area contributed by atoms with Crippen molar-refractivity contribution in [3.05, 3.63) is 12.2 Å². The fraction of sp³-hybridized carbons (Fsp3) is 0.727. The van der Waals surface area contributed by atoms with Gasteiger partial charge < -0.3 is 9.84 Å². The number of hydrogen-bond donors (Lipinski definition) is 1. The average molecular weight is 211 g/mol. The topological polar surface area (TPSA) is 49.8 Å². The zero-order chi connectivity index (χ0) is 11.1. The third kappa shape index (κ3) is 1.40. The van der Waals surface area contributed by atoms with E-state index in [1.54, 1.807) is 0 Å². The Balaban J connectivity index is 2.29. The molecule has 2 aliphatic rings. The Morgan fingerprint density at radius 3 is 3.13 bits per heavy atom. The molecule has 4 heteroatoms. The molecule has 0 aliphatic carbocycles. The predicted octanol–water partition coefficient (Wildman–Crippen LogP) is 0.315. The molecule has 15 heavy (non-hydrogen) atoms. The fourth-order valence-electron chi connectivity index (χ4n) is 2.91. The van der Waals surface area contributed by atoms with Crippen LogP contribution in [0.1, 0.15) is 19.3 Å². The maximum Gasteiger partial charge on any atom is 0.326 e. The minimum atomic E-state index is -0.529. The second-order valence-electron chi connectivity index (χ2n) is 4.45. The van der Waals surface area contributed by atoms with Crippen LogP contribution in [-0.2, 0) is 9.53 Å². The molecule has 0 unspecified atom stereocenters. The normalized spacial score (nSPS) is 35.6. The molecule has 84 valence electrons. The summed E-state index contributed by atoms with van der Waals surface area (Å²) in [4.78, 5) is 13.9. The highest BCUT2D eigenvalue weighted by molar-refractivity contribution is 5.82. The number of aliphatic hydroxyl groups is 1. The van der Waals surface area contributed by atoms with E-state index in [4.69, 9.17) is 4.74 Å². The molecule has 1 N–H and O–H groups in total. The smallest absolute Gasteiger partial charge is 0.326 e. The summed E-state index contributed by atoms with van der Waals surface area (Å²) in [7, 11) is 1.42. The number of aliphatic hydroxyl groups excluding tert-OH is 1. The van der Waals surface area contributed by atoms with Gasteiger partial charge >= 0.3 is 5.97 Å². The van der Waals surface area contributed by atoms with Crippen molar-refractivity contribution in [1.82, 2.24) is 4.90 Å². The van der Waals surface area contributed by atoms with Crippen molar-refractivity contribution in [2.75, 3.05) is 20.3 Å². The highest BCUT2D eigenvalue weighted by atomic mass is 16.5. The molecule has 2 aliphatic heterocycles. The van der Waals surface area contributed by atoms with Gasteiger partial charge in [0.2, 0.25) is 0 Å². The number of nitrogens with zero attached hydrogens (tertiary/aromatic N) is 1. The largest absolute Gasteiger partial charge is 0.468 e. The summed E-state index contributed by atoms with van der Waals surface area (Å²) in [6.45, 7) is 4.75. The molecule has 2 saturated heterocycles. The number of rotatable bonds is 2. The van der Waals surface area contributed by atoms with E-state index in [0.717, 1.165) is 18.4 Å². The monoisotopic (exact) mass is 211 g/mol. The molecule has 0 saturated carbocycles. The quantitative estimate of drug-likeness (QED) is 0.528. The Hall–Kier alpha value is -0.870. The molecular weight excluding hydrogens is 194 g/mol. The molecule has 0 radical (unpaired) electrons. The van der Waals surface area contributed by atoms with Crippen molar-refractivity contribution >= 4 is 5.97 Å².